The van der Waals surface area contributed by atoms with Crippen LogP contribution >= 0.6 is 15.9 Å². The average Bonchev–Trinajstić information content (AvgIpc) is 2.70. The van der Waals surface area contributed by atoms with Crippen LogP contribution in [0.2, 0.25) is 0 Å². The van der Waals surface area contributed by atoms with Gasteiger partial charge in [0.2, 0.25) is 0 Å². The second kappa shape index (κ2) is 8.16. The average molecular weight is 412 g/mol. The minimum Gasteiger partial charge on any atom is -0.383 e. The molecule has 1 N–H and O–H groups in total. The smallest absolute Gasteiger partial charge is 0.0723 e. The van der Waals surface area contributed by atoms with Crippen LogP contribution in [0.15, 0.2) is 59.2 Å². The summed E-state index contributed by atoms with van der Waals surface area (Å²) in [4.78, 5) is 7.10. The zero-order valence-corrected chi connectivity index (χ0v) is 16.2. The third kappa shape index (κ3) is 3.90. The molecule has 0 atom stereocenters. The van der Waals surface area contributed by atoms with Gasteiger partial charge in [-0.2, -0.15) is 0 Å². The van der Waals surface area contributed by atoms with Crippen LogP contribution in [0, 0.1) is 0 Å². The molecular formula is C21H22BrN3O. The Labute approximate surface area is 162 Å². The maximum Gasteiger partial charge on any atom is 0.0723 e. The SMILES string of the molecule is Brc1ccc(-c2cnc3ccccc3c2NCCN2CCOCC2)cc1. The van der Waals surface area contributed by atoms with E-state index in [9.17, 15) is 0 Å². The summed E-state index contributed by atoms with van der Waals surface area (Å²) in [7, 11) is 0. The van der Waals surface area contributed by atoms with E-state index in [1.807, 2.05) is 12.3 Å². The molecule has 5 heteroatoms. The summed E-state index contributed by atoms with van der Waals surface area (Å²) in [6.45, 7) is 5.61. The highest BCUT2D eigenvalue weighted by Crippen LogP contribution is 2.34. The minimum absolute atomic E-state index is 0.836. The van der Waals surface area contributed by atoms with Crippen LogP contribution in [0.4, 0.5) is 5.69 Å². The molecule has 1 fully saturated rings. The maximum atomic E-state index is 5.43. The molecule has 134 valence electrons. The Hall–Kier alpha value is -1.95. The van der Waals surface area contributed by atoms with Crippen LogP contribution < -0.4 is 5.32 Å². The second-order valence-electron chi connectivity index (χ2n) is 6.45. The van der Waals surface area contributed by atoms with Gasteiger partial charge in [0.05, 0.1) is 24.4 Å². The molecule has 26 heavy (non-hydrogen) atoms. The highest BCUT2D eigenvalue weighted by molar-refractivity contribution is 9.10. The molecule has 2 aromatic carbocycles. The van der Waals surface area contributed by atoms with Crippen molar-refractivity contribution < 1.29 is 4.74 Å². The van der Waals surface area contributed by atoms with Gasteiger partial charge in [0.1, 0.15) is 0 Å². The van der Waals surface area contributed by atoms with Gasteiger partial charge in [-0.05, 0) is 23.8 Å². The van der Waals surface area contributed by atoms with E-state index in [0.29, 0.717) is 0 Å². The first-order chi connectivity index (χ1) is 12.8. The third-order valence-electron chi connectivity index (χ3n) is 4.76. The molecule has 0 spiro atoms. The lowest BCUT2D eigenvalue weighted by molar-refractivity contribution is 0.0398. The van der Waals surface area contributed by atoms with Gasteiger partial charge in [-0.1, -0.05) is 46.3 Å². The van der Waals surface area contributed by atoms with Gasteiger partial charge in [-0.15, -0.1) is 0 Å². The monoisotopic (exact) mass is 411 g/mol. The summed E-state index contributed by atoms with van der Waals surface area (Å²) in [5, 5.41) is 4.84. The summed E-state index contributed by atoms with van der Waals surface area (Å²) in [5.74, 6) is 0. The highest BCUT2D eigenvalue weighted by atomic mass is 79.9. The Balaban J connectivity index is 1.63. The van der Waals surface area contributed by atoms with Gasteiger partial charge < -0.3 is 10.1 Å². The Morgan fingerprint density at radius 2 is 1.81 bits per heavy atom. The van der Waals surface area contributed by atoms with Crippen LogP contribution in [-0.2, 0) is 4.74 Å². The fourth-order valence-corrected chi connectivity index (χ4v) is 3.61. The van der Waals surface area contributed by atoms with Crippen molar-refractivity contribution in [1.29, 1.82) is 0 Å². The van der Waals surface area contributed by atoms with Gasteiger partial charge in [0.15, 0.2) is 0 Å². The summed E-state index contributed by atoms with van der Waals surface area (Å²) in [6, 6.07) is 16.7. The van der Waals surface area contributed by atoms with Crippen LogP contribution in [0.25, 0.3) is 22.0 Å². The number of rotatable bonds is 5. The molecular weight excluding hydrogens is 390 g/mol. The topological polar surface area (TPSA) is 37.4 Å². The van der Waals surface area contributed by atoms with Gasteiger partial charge >= 0.3 is 0 Å². The molecule has 4 nitrogen and oxygen atoms in total. The zero-order chi connectivity index (χ0) is 17.8. The van der Waals surface area contributed by atoms with Crippen molar-refractivity contribution in [3.8, 4) is 11.1 Å². The summed E-state index contributed by atoms with van der Waals surface area (Å²) < 4.78 is 6.51. The number of benzene rings is 2. The predicted molar refractivity (Wildman–Crippen MR) is 111 cm³/mol. The Bertz CT molecular complexity index is 876. The fourth-order valence-electron chi connectivity index (χ4n) is 3.34. The van der Waals surface area contributed by atoms with E-state index in [1.54, 1.807) is 0 Å². The van der Waals surface area contributed by atoms with Crippen LogP contribution in [-0.4, -0.2) is 49.3 Å². The number of hydrogen-bond acceptors (Lipinski definition) is 4. The zero-order valence-electron chi connectivity index (χ0n) is 14.6. The standard InChI is InChI=1S/C21H22BrN3O/c22-17-7-5-16(6-8-17)19-15-24-20-4-2-1-3-18(20)21(19)23-9-10-25-11-13-26-14-12-25/h1-8,15H,9-14H2,(H,23,24). The maximum absolute atomic E-state index is 5.43. The number of anilines is 1. The number of morpholine rings is 1. The van der Waals surface area contributed by atoms with E-state index in [-0.39, 0.29) is 0 Å². The van der Waals surface area contributed by atoms with E-state index >= 15 is 0 Å². The summed E-state index contributed by atoms with van der Waals surface area (Å²) in [6.07, 6.45) is 1.97. The first-order valence-electron chi connectivity index (χ1n) is 8.99. The molecule has 2 heterocycles. The third-order valence-corrected chi connectivity index (χ3v) is 5.29. The number of pyridine rings is 1. The first kappa shape index (κ1) is 17.5. The number of ether oxygens (including phenoxy) is 1. The second-order valence-corrected chi connectivity index (χ2v) is 7.37. The number of nitrogens with zero attached hydrogens (tertiary/aromatic N) is 2. The van der Waals surface area contributed by atoms with Crippen molar-refractivity contribution in [2.24, 2.45) is 0 Å². The molecule has 1 aliphatic heterocycles. The van der Waals surface area contributed by atoms with Crippen molar-refractivity contribution in [3.05, 3.63) is 59.2 Å². The molecule has 0 radical (unpaired) electrons. The Kier molecular flexibility index (Phi) is 5.48. The number of nitrogens with one attached hydrogen (secondary N) is 1. The van der Waals surface area contributed by atoms with E-state index in [0.717, 1.165) is 66.0 Å². The van der Waals surface area contributed by atoms with Gasteiger partial charge in [0, 0.05) is 47.8 Å². The molecule has 0 saturated carbocycles. The molecule has 4 rings (SSSR count). The predicted octanol–water partition coefficient (Wildman–Crippen LogP) is 4.41. The molecule has 0 aliphatic carbocycles. The number of para-hydroxylation sites is 1. The Morgan fingerprint density at radius 1 is 1.04 bits per heavy atom. The normalized spacial score (nSPS) is 15.3. The van der Waals surface area contributed by atoms with Crippen molar-refractivity contribution in [2.45, 2.75) is 0 Å². The molecule has 0 bridgehead atoms. The lowest BCUT2D eigenvalue weighted by atomic mass is 10.0. The van der Waals surface area contributed by atoms with E-state index in [2.05, 4.69) is 73.6 Å². The van der Waals surface area contributed by atoms with Crippen molar-refractivity contribution in [2.75, 3.05) is 44.7 Å². The largest absolute Gasteiger partial charge is 0.383 e. The lowest BCUT2D eigenvalue weighted by Crippen LogP contribution is -2.39. The van der Waals surface area contributed by atoms with Gasteiger partial charge in [0.25, 0.3) is 0 Å². The molecule has 3 aromatic rings. The van der Waals surface area contributed by atoms with Crippen molar-refractivity contribution >= 4 is 32.5 Å². The summed E-state index contributed by atoms with van der Waals surface area (Å²) >= 11 is 3.52. The van der Waals surface area contributed by atoms with Crippen molar-refractivity contribution in [1.82, 2.24) is 9.88 Å². The minimum atomic E-state index is 0.836. The number of aromatic nitrogens is 1. The van der Waals surface area contributed by atoms with E-state index < -0.39 is 0 Å². The van der Waals surface area contributed by atoms with Gasteiger partial charge in [-0.25, -0.2) is 0 Å². The first-order valence-corrected chi connectivity index (χ1v) is 9.78. The van der Waals surface area contributed by atoms with E-state index in [4.69, 9.17) is 4.74 Å². The number of halogens is 1. The van der Waals surface area contributed by atoms with Gasteiger partial charge in [-0.3, -0.25) is 9.88 Å². The quantitative estimate of drug-likeness (QED) is 0.674. The van der Waals surface area contributed by atoms with Crippen LogP contribution in [0.3, 0.4) is 0 Å². The van der Waals surface area contributed by atoms with Crippen LogP contribution in [0.5, 0.6) is 0 Å². The van der Waals surface area contributed by atoms with Crippen LogP contribution in [0.1, 0.15) is 0 Å². The molecule has 1 aromatic heterocycles. The molecule has 0 unspecified atom stereocenters. The molecule has 0 amide bonds. The van der Waals surface area contributed by atoms with Crippen molar-refractivity contribution in [3.63, 3.8) is 0 Å². The highest BCUT2D eigenvalue weighted by Gasteiger charge is 2.13. The number of fused-ring (bicyclic) bond motifs is 1. The summed E-state index contributed by atoms with van der Waals surface area (Å²) in [5.41, 5.74) is 4.48. The number of hydrogen-bond donors (Lipinski definition) is 1. The van der Waals surface area contributed by atoms with E-state index in [1.165, 1.54) is 5.56 Å². The molecule has 1 aliphatic rings. The molecule has 1 saturated heterocycles. The fraction of sp³-hybridized carbons (Fsp3) is 0.286. The Morgan fingerprint density at radius 3 is 2.62 bits per heavy atom. The lowest BCUT2D eigenvalue weighted by Gasteiger charge is -2.27.